The van der Waals surface area contributed by atoms with E-state index in [0.717, 1.165) is 22.4 Å². The van der Waals surface area contributed by atoms with E-state index in [0.29, 0.717) is 0 Å². The number of hydrogen-bond acceptors (Lipinski definition) is 1. The van der Waals surface area contributed by atoms with Crippen molar-refractivity contribution in [2.75, 3.05) is 7.11 Å². The van der Waals surface area contributed by atoms with Gasteiger partial charge in [-0.2, -0.15) is 0 Å². The average molecular weight is 247 g/mol. The molecule has 1 unspecified atom stereocenters. The van der Waals surface area contributed by atoms with Gasteiger partial charge in [-0.1, -0.05) is 42.5 Å². The Kier molecular flexibility index (Phi) is 3.70. The maximum absolute atomic E-state index is 6.46. The summed E-state index contributed by atoms with van der Waals surface area (Å²) < 4.78 is 5.24. The SMILES string of the molecule is COc1ccc(C(Cl)c2ccccc2)cc1C. The minimum Gasteiger partial charge on any atom is -0.496 e. The molecule has 0 aliphatic carbocycles. The zero-order valence-electron chi connectivity index (χ0n) is 9.98. The van der Waals surface area contributed by atoms with Crippen molar-refractivity contribution < 1.29 is 4.74 Å². The van der Waals surface area contributed by atoms with Crippen LogP contribution >= 0.6 is 11.6 Å². The number of aryl methyl sites for hydroxylation is 1. The lowest BCUT2D eigenvalue weighted by Gasteiger charge is -2.12. The van der Waals surface area contributed by atoms with Crippen molar-refractivity contribution in [2.45, 2.75) is 12.3 Å². The van der Waals surface area contributed by atoms with E-state index >= 15 is 0 Å². The molecule has 17 heavy (non-hydrogen) atoms. The van der Waals surface area contributed by atoms with Crippen LogP contribution in [0.2, 0.25) is 0 Å². The highest BCUT2D eigenvalue weighted by molar-refractivity contribution is 6.22. The molecule has 0 aliphatic heterocycles. The van der Waals surface area contributed by atoms with E-state index in [-0.39, 0.29) is 5.38 Å². The summed E-state index contributed by atoms with van der Waals surface area (Å²) in [5, 5.41) is -0.110. The summed E-state index contributed by atoms with van der Waals surface area (Å²) in [6, 6.07) is 16.1. The summed E-state index contributed by atoms with van der Waals surface area (Å²) in [5.41, 5.74) is 3.31. The fourth-order valence-electron chi connectivity index (χ4n) is 1.87. The molecule has 0 N–H and O–H groups in total. The minimum absolute atomic E-state index is 0.110. The molecule has 0 saturated carbocycles. The van der Waals surface area contributed by atoms with Gasteiger partial charge in [0.1, 0.15) is 5.75 Å². The van der Waals surface area contributed by atoms with E-state index in [2.05, 4.69) is 6.07 Å². The third kappa shape index (κ3) is 2.62. The average Bonchev–Trinajstić information content (AvgIpc) is 2.39. The zero-order valence-corrected chi connectivity index (χ0v) is 10.7. The molecule has 1 atom stereocenters. The lowest BCUT2D eigenvalue weighted by molar-refractivity contribution is 0.411. The van der Waals surface area contributed by atoms with Crippen LogP contribution in [-0.2, 0) is 0 Å². The molecule has 2 aromatic rings. The number of hydrogen-bond donors (Lipinski definition) is 0. The number of halogens is 1. The van der Waals surface area contributed by atoms with Crippen LogP contribution in [0.5, 0.6) is 5.75 Å². The highest BCUT2D eigenvalue weighted by Crippen LogP contribution is 2.31. The molecule has 2 heteroatoms. The van der Waals surface area contributed by atoms with E-state index in [4.69, 9.17) is 16.3 Å². The molecule has 2 rings (SSSR count). The Morgan fingerprint density at radius 1 is 1.00 bits per heavy atom. The first kappa shape index (κ1) is 12.0. The van der Waals surface area contributed by atoms with Crippen LogP contribution in [-0.4, -0.2) is 7.11 Å². The van der Waals surface area contributed by atoms with Crippen molar-refractivity contribution in [1.29, 1.82) is 0 Å². The second kappa shape index (κ2) is 5.24. The monoisotopic (exact) mass is 246 g/mol. The van der Waals surface area contributed by atoms with Crippen LogP contribution in [0.25, 0.3) is 0 Å². The molecule has 88 valence electrons. The molecule has 0 aliphatic rings. The van der Waals surface area contributed by atoms with Gasteiger partial charge in [-0.15, -0.1) is 11.6 Å². The number of ether oxygens (including phenoxy) is 1. The van der Waals surface area contributed by atoms with E-state index in [9.17, 15) is 0 Å². The van der Waals surface area contributed by atoms with Gasteiger partial charge in [0.2, 0.25) is 0 Å². The lowest BCUT2D eigenvalue weighted by atomic mass is 10.0. The second-order valence-corrected chi connectivity index (χ2v) is 4.44. The molecule has 0 aromatic heterocycles. The lowest BCUT2D eigenvalue weighted by Crippen LogP contribution is -1.95. The first-order chi connectivity index (χ1) is 8.22. The Labute approximate surface area is 107 Å². The Morgan fingerprint density at radius 3 is 2.29 bits per heavy atom. The van der Waals surface area contributed by atoms with Gasteiger partial charge in [-0.3, -0.25) is 0 Å². The molecule has 0 bridgehead atoms. The van der Waals surface area contributed by atoms with Gasteiger partial charge in [0.05, 0.1) is 12.5 Å². The van der Waals surface area contributed by atoms with Crippen molar-refractivity contribution in [3.8, 4) is 5.75 Å². The third-order valence-electron chi connectivity index (χ3n) is 2.80. The van der Waals surface area contributed by atoms with Crippen LogP contribution in [0.3, 0.4) is 0 Å². The van der Waals surface area contributed by atoms with Crippen molar-refractivity contribution in [2.24, 2.45) is 0 Å². The fourth-order valence-corrected chi connectivity index (χ4v) is 2.15. The predicted molar refractivity (Wildman–Crippen MR) is 71.9 cm³/mol. The summed E-state index contributed by atoms with van der Waals surface area (Å²) in [5.74, 6) is 0.894. The Hall–Kier alpha value is -1.47. The number of methoxy groups -OCH3 is 1. The third-order valence-corrected chi connectivity index (χ3v) is 3.31. The summed E-state index contributed by atoms with van der Waals surface area (Å²) >= 11 is 6.46. The van der Waals surface area contributed by atoms with Crippen LogP contribution < -0.4 is 4.74 Å². The standard InChI is InChI=1S/C15H15ClO/c1-11-10-13(8-9-14(11)17-2)15(16)12-6-4-3-5-7-12/h3-10,15H,1-2H3. The van der Waals surface area contributed by atoms with Gasteiger partial charge in [-0.25, -0.2) is 0 Å². The molecule has 0 amide bonds. The molecule has 0 heterocycles. The molecule has 2 aromatic carbocycles. The normalized spacial score (nSPS) is 12.2. The van der Waals surface area contributed by atoms with Crippen LogP contribution in [0.4, 0.5) is 0 Å². The maximum atomic E-state index is 6.46. The number of rotatable bonds is 3. The van der Waals surface area contributed by atoms with Crippen molar-refractivity contribution >= 4 is 11.6 Å². The highest BCUT2D eigenvalue weighted by atomic mass is 35.5. The molecular formula is C15H15ClO. The largest absolute Gasteiger partial charge is 0.496 e. The van der Waals surface area contributed by atoms with Crippen LogP contribution in [0, 0.1) is 6.92 Å². The van der Waals surface area contributed by atoms with E-state index in [1.165, 1.54) is 0 Å². The smallest absolute Gasteiger partial charge is 0.121 e. The summed E-state index contributed by atoms with van der Waals surface area (Å²) in [6.45, 7) is 2.02. The van der Waals surface area contributed by atoms with E-state index < -0.39 is 0 Å². The van der Waals surface area contributed by atoms with Gasteiger partial charge in [-0.05, 0) is 29.7 Å². The zero-order chi connectivity index (χ0) is 12.3. The quantitative estimate of drug-likeness (QED) is 0.733. The second-order valence-electron chi connectivity index (χ2n) is 4.00. The summed E-state index contributed by atoms with van der Waals surface area (Å²) in [6.07, 6.45) is 0. The highest BCUT2D eigenvalue weighted by Gasteiger charge is 2.11. The van der Waals surface area contributed by atoms with Gasteiger partial charge < -0.3 is 4.74 Å². The van der Waals surface area contributed by atoms with Gasteiger partial charge in [0.25, 0.3) is 0 Å². The first-order valence-electron chi connectivity index (χ1n) is 5.56. The predicted octanol–water partition coefficient (Wildman–Crippen LogP) is 4.33. The molecule has 0 radical (unpaired) electrons. The van der Waals surface area contributed by atoms with Crippen LogP contribution in [0.15, 0.2) is 48.5 Å². The van der Waals surface area contributed by atoms with Crippen molar-refractivity contribution in [3.63, 3.8) is 0 Å². The van der Waals surface area contributed by atoms with Gasteiger partial charge >= 0.3 is 0 Å². The van der Waals surface area contributed by atoms with E-state index in [1.54, 1.807) is 7.11 Å². The molecule has 0 fully saturated rings. The molecule has 1 nitrogen and oxygen atoms in total. The van der Waals surface area contributed by atoms with Crippen LogP contribution in [0.1, 0.15) is 22.1 Å². The molecule has 0 saturated heterocycles. The first-order valence-corrected chi connectivity index (χ1v) is 5.99. The van der Waals surface area contributed by atoms with Crippen molar-refractivity contribution in [1.82, 2.24) is 0 Å². The number of benzene rings is 2. The molecular weight excluding hydrogens is 232 g/mol. The van der Waals surface area contributed by atoms with E-state index in [1.807, 2.05) is 49.4 Å². The number of alkyl halides is 1. The maximum Gasteiger partial charge on any atom is 0.121 e. The minimum atomic E-state index is -0.110. The van der Waals surface area contributed by atoms with Crippen molar-refractivity contribution in [3.05, 3.63) is 65.2 Å². The summed E-state index contributed by atoms with van der Waals surface area (Å²) in [7, 11) is 1.68. The van der Waals surface area contributed by atoms with Gasteiger partial charge in [0.15, 0.2) is 0 Å². The Bertz CT molecular complexity index is 494. The Morgan fingerprint density at radius 2 is 1.71 bits per heavy atom. The molecule has 0 spiro atoms. The topological polar surface area (TPSA) is 9.23 Å². The summed E-state index contributed by atoms with van der Waals surface area (Å²) in [4.78, 5) is 0. The van der Waals surface area contributed by atoms with Gasteiger partial charge in [0, 0.05) is 0 Å². The fraction of sp³-hybridized carbons (Fsp3) is 0.200. The Balaban J connectivity index is 2.32.